The van der Waals surface area contributed by atoms with Crippen molar-refractivity contribution in [1.82, 2.24) is 0 Å². The van der Waals surface area contributed by atoms with Crippen molar-refractivity contribution < 1.29 is 19.6 Å². The quantitative estimate of drug-likeness (QED) is 0.158. The summed E-state index contributed by atoms with van der Waals surface area (Å²) >= 11 is 0. The number of quaternary nitrogens is 1. The van der Waals surface area contributed by atoms with E-state index in [0.29, 0.717) is 0 Å². The van der Waals surface area contributed by atoms with Crippen molar-refractivity contribution in [2.24, 2.45) is 0 Å². The lowest BCUT2D eigenvalue weighted by molar-refractivity contribution is -0.925. The maximum atomic E-state index is 8.64. The first-order valence-electron chi connectivity index (χ1n) is 12.8. The van der Waals surface area contributed by atoms with Crippen molar-refractivity contribution in [2.45, 2.75) is 130 Å². The van der Waals surface area contributed by atoms with Crippen molar-refractivity contribution >= 4 is 7.32 Å². The molecule has 0 unspecified atom stereocenters. The molecule has 4 nitrogen and oxygen atoms in total. The summed E-state index contributed by atoms with van der Waals surface area (Å²) in [4.78, 5) is 0. The van der Waals surface area contributed by atoms with Gasteiger partial charge in [0.2, 0.25) is 0 Å². The van der Waals surface area contributed by atoms with Crippen molar-refractivity contribution in [2.75, 3.05) is 26.2 Å². The Balaban J connectivity index is 0. The molecular weight excluding hydrogens is 361 g/mol. The molecule has 0 aromatic rings. The predicted molar refractivity (Wildman–Crippen MR) is 126 cm³/mol. The first-order valence-corrected chi connectivity index (χ1v) is 12.8. The topological polar surface area (TPSA) is 63.5 Å². The zero-order valence-electron chi connectivity index (χ0n) is 20.5. The Morgan fingerprint density at radius 2 is 0.759 bits per heavy atom. The third kappa shape index (κ3) is 24.0. The van der Waals surface area contributed by atoms with Crippen LogP contribution in [-0.4, -0.2) is 48.0 Å². The molecule has 0 aromatic carbocycles. The molecular formula is C24H54BNO3. The molecule has 29 heavy (non-hydrogen) atoms. The molecule has 5 heteroatoms. The van der Waals surface area contributed by atoms with Crippen molar-refractivity contribution in [3.05, 3.63) is 0 Å². The van der Waals surface area contributed by atoms with Crippen molar-refractivity contribution in [3.8, 4) is 0 Å². The number of unbranched alkanes of at least 4 members (excludes halogenated alkanes) is 14. The molecule has 0 fully saturated rings. The Kier molecular flexibility index (Phi) is 25.9. The fourth-order valence-electron chi connectivity index (χ4n) is 4.13. The molecule has 0 radical (unpaired) electrons. The largest absolute Gasteiger partial charge is 0.832 e. The maximum Gasteiger partial charge on any atom is 0.339 e. The van der Waals surface area contributed by atoms with E-state index in [4.69, 9.17) is 15.1 Å². The van der Waals surface area contributed by atoms with Crippen LogP contribution in [0.4, 0.5) is 0 Å². The van der Waals surface area contributed by atoms with Gasteiger partial charge in [-0.25, -0.2) is 0 Å². The highest BCUT2D eigenvalue weighted by Crippen LogP contribution is 2.16. The van der Waals surface area contributed by atoms with Gasteiger partial charge in [-0.05, 0) is 39.5 Å². The van der Waals surface area contributed by atoms with Gasteiger partial charge in [-0.15, -0.1) is 0 Å². The molecule has 0 bridgehead atoms. The molecule has 0 saturated heterocycles. The Hall–Kier alpha value is -0.0951. The van der Waals surface area contributed by atoms with Gasteiger partial charge in [-0.1, -0.05) is 90.9 Å². The molecule has 0 atom stereocenters. The average molecular weight is 416 g/mol. The fraction of sp³-hybridized carbons (Fsp3) is 1.00. The molecule has 0 aliphatic heterocycles. The van der Waals surface area contributed by atoms with E-state index < -0.39 is 7.32 Å². The molecule has 0 aliphatic carbocycles. The summed E-state index contributed by atoms with van der Waals surface area (Å²) in [5.41, 5.74) is 0. The molecule has 0 saturated carbocycles. The van der Waals surface area contributed by atoms with Gasteiger partial charge in [0.1, 0.15) is 0 Å². The molecule has 0 heterocycles. The van der Waals surface area contributed by atoms with E-state index in [-0.39, 0.29) is 0 Å². The van der Waals surface area contributed by atoms with Crippen LogP contribution < -0.4 is 5.02 Å². The lowest BCUT2D eigenvalue weighted by Crippen LogP contribution is -2.49. The van der Waals surface area contributed by atoms with E-state index >= 15 is 0 Å². The molecule has 0 aromatic heterocycles. The zero-order chi connectivity index (χ0) is 22.2. The van der Waals surface area contributed by atoms with Crippen LogP contribution in [0, 0.1) is 0 Å². The summed E-state index contributed by atoms with van der Waals surface area (Å²) in [5, 5.41) is 22.8. The van der Waals surface area contributed by atoms with E-state index in [1.807, 2.05) is 0 Å². The zero-order valence-corrected chi connectivity index (χ0v) is 20.5. The predicted octanol–water partition coefficient (Wildman–Crippen LogP) is 5.44. The average Bonchev–Trinajstić information content (AvgIpc) is 2.70. The smallest absolute Gasteiger partial charge is 0.339 e. The summed E-state index contributed by atoms with van der Waals surface area (Å²) in [6, 6.07) is 0. The number of nitrogens with zero attached hydrogens (tertiary/aromatic N) is 1. The fourth-order valence-corrected chi connectivity index (χ4v) is 4.13. The summed E-state index contributed by atoms with van der Waals surface area (Å²) < 4.78 is 1.38. The van der Waals surface area contributed by atoms with Gasteiger partial charge in [0, 0.05) is 0 Å². The molecule has 0 spiro atoms. The third-order valence-electron chi connectivity index (χ3n) is 6.31. The van der Waals surface area contributed by atoms with Gasteiger partial charge in [-0.2, -0.15) is 0 Å². The normalized spacial score (nSPS) is 11.3. The summed E-state index contributed by atoms with van der Waals surface area (Å²) in [6.07, 6.45) is 23.1. The van der Waals surface area contributed by atoms with Crippen LogP contribution >= 0.6 is 0 Å². The first kappa shape index (κ1) is 31.1. The molecule has 2 N–H and O–H groups in total. The monoisotopic (exact) mass is 415 g/mol. The summed E-state index contributed by atoms with van der Waals surface area (Å²) in [5.74, 6) is 0. The Bertz CT molecular complexity index is 275. The Morgan fingerprint density at radius 1 is 0.517 bits per heavy atom. The van der Waals surface area contributed by atoms with Crippen LogP contribution in [0.25, 0.3) is 0 Å². The van der Waals surface area contributed by atoms with Crippen LogP contribution in [-0.2, 0) is 0 Å². The van der Waals surface area contributed by atoms with Crippen LogP contribution in [0.3, 0.4) is 0 Å². The molecule has 0 amide bonds. The number of hydrogen-bond donors (Lipinski definition) is 2. The lowest BCUT2D eigenvalue weighted by Gasteiger charge is -2.37. The van der Waals surface area contributed by atoms with Crippen LogP contribution in [0.15, 0.2) is 0 Å². The van der Waals surface area contributed by atoms with Gasteiger partial charge in [0.05, 0.1) is 26.2 Å². The van der Waals surface area contributed by atoms with Gasteiger partial charge in [-0.3, -0.25) is 0 Å². The minimum Gasteiger partial charge on any atom is -0.832 e. The molecule has 0 aliphatic rings. The maximum absolute atomic E-state index is 8.64. The van der Waals surface area contributed by atoms with E-state index in [1.165, 1.54) is 133 Å². The van der Waals surface area contributed by atoms with Crippen LogP contribution in [0.5, 0.6) is 0 Å². The number of rotatable bonds is 20. The van der Waals surface area contributed by atoms with E-state index in [1.54, 1.807) is 0 Å². The second kappa shape index (κ2) is 24.2. The SMILES string of the molecule is CCCCCCCCCC[N+](CC)(CC)CCCCCCCCCC.[O-]B(O)O. The second-order valence-corrected chi connectivity index (χ2v) is 8.70. The van der Waals surface area contributed by atoms with Gasteiger partial charge >= 0.3 is 7.32 Å². The highest BCUT2D eigenvalue weighted by molar-refractivity contribution is 6.28. The van der Waals surface area contributed by atoms with Gasteiger partial charge in [0.25, 0.3) is 0 Å². The minimum absolute atomic E-state index is 1.34. The molecule has 0 rings (SSSR count). The van der Waals surface area contributed by atoms with E-state index in [2.05, 4.69) is 27.7 Å². The molecule has 176 valence electrons. The van der Waals surface area contributed by atoms with Crippen molar-refractivity contribution in [3.63, 3.8) is 0 Å². The van der Waals surface area contributed by atoms with E-state index in [9.17, 15) is 0 Å². The van der Waals surface area contributed by atoms with Gasteiger partial charge < -0.3 is 19.6 Å². The van der Waals surface area contributed by atoms with Crippen LogP contribution in [0.1, 0.15) is 130 Å². The van der Waals surface area contributed by atoms with Crippen molar-refractivity contribution in [1.29, 1.82) is 0 Å². The summed E-state index contributed by atoms with van der Waals surface area (Å²) in [6.45, 7) is 15.0. The minimum atomic E-state index is -2.42. The van der Waals surface area contributed by atoms with E-state index in [0.717, 1.165) is 0 Å². The summed E-state index contributed by atoms with van der Waals surface area (Å²) in [7, 11) is -2.42. The highest BCUT2D eigenvalue weighted by Gasteiger charge is 2.21. The van der Waals surface area contributed by atoms with Crippen LogP contribution in [0.2, 0.25) is 0 Å². The second-order valence-electron chi connectivity index (χ2n) is 8.70. The third-order valence-corrected chi connectivity index (χ3v) is 6.31. The Morgan fingerprint density at radius 3 is 1.00 bits per heavy atom. The first-order chi connectivity index (χ1) is 14.0. The highest BCUT2D eigenvalue weighted by atomic mass is 16.5. The standard InChI is InChI=1S/C24H52N.BH2O3/c1-5-9-11-13-15-17-19-21-23-25(7-3,8-4)24-22-20-18-16-14-12-10-6-2;2-1(3)4/h5-24H2,1-4H3;2-3H/q+1;-1. The Labute approximate surface area is 183 Å². The number of hydrogen-bond acceptors (Lipinski definition) is 3. The lowest BCUT2D eigenvalue weighted by atomic mass is 10.1. The van der Waals surface area contributed by atoms with Gasteiger partial charge in [0.15, 0.2) is 0 Å².